The van der Waals surface area contributed by atoms with E-state index >= 15 is 0 Å². The van der Waals surface area contributed by atoms with Gasteiger partial charge in [-0.05, 0) is 56.2 Å². The lowest BCUT2D eigenvalue weighted by molar-refractivity contribution is -0.173. The maximum absolute atomic E-state index is 12.4. The van der Waals surface area contributed by atoms with E-state index in [0.29, 0.717) is 31.2 Å². The Morgan fingerprint density at radius 2 is 2.00 bits per heavy atom. The lowest BCUT2D eigenvalue weighted by Gasteiger charge is -2.63. The predicted molar refractivity (Wildman–Crippen MR) is 91.7 cm³/mol. The molecule has 134 valence electrons. The molecule has 3 fully saturated rings. The Morgan fingerprint density at radius 3 is 2.76 bits per heavy atom. The Bertz CT molecular complexity index is 758. The first-order valence-electron chi connectivity index (χ1n) is 9.47. The van der Waals surface area contributed by atoms with E-state index in [1.807, 2.05) is 6.07 Å². The zero-order chi connectivity index (χ0) is 17.4. The number of nitrogens with zero attached hydrogens (tertiary/aromatic N) is 1. The topological polar surface area (TPSA) is 81.0 Å². The van der Waals surface area contributed by atoms with Crippen molar-refractivity contribution in [2.24, 2.45) is 5.92 Å². The zero-order valence-corrected chi connectivity index (χ0v) is 14.4. The number of carbonyl (C=O) groups is 1. The van der Waals surface area contributed by atoms with E-state index in [0.717, 1.165) is 24.6 Å². The Hall–Kier alpha value is -1.59. The van der Waals surface area contributed by atoms with Gasteiger partial charge in [0, 0.05) is 36.4 Å². The second-order valence-electron chi connectivity index (χ2n) is 8.60. The lowest BCUT2D eigenvalue weighted by Crippen LogP contribution is -2.73. The third-order valence-electron chi connectivity index (χ3n) is 7.25. The number of phenols is 2. The fourth-order valence-electron chi connectivity index (χ4n) is 5.84. The van der Waals surface area contributed by atoms with E-state index in [9.17, 15) is 20.1 Å². The van der Waals surface area contributed by atoms with Crippen LogP contribution in [0.2, 0.25) is 0 Å². The number of likely N-dealkylation sites (tertiary alicyclic amines) is 1. The van der Waals surface area contributed by atoms with Crippen LogP contribution in [0.1, 0.15) is 49.7 Å². The van der Waals surface area contributed by atoms with Crippen LogP contribution in [0.15, 0.2) is 12.1 Å². The molecule has 2 bridgehead atoms. The Morgan fingerprint density at radius 1 is 1.20 bits per heavy atom. The standard InChI is InChI=1S/C20H25NO4/c22-14-5-6-20(25)16-9-13-3-4-15(23)18(24)17(13)19(20,10-14)7-8-21(16)11-12-1-2-12/h3-4,12,16,23-25H,1-2,5-11H2/t16-,19-,20?/m0/s1. The predicted octanol–water partition coefficient (Wildman–Crippen LogP) is 1.86. The number of carbonyl (C=O) groups excluding carboxylic acids is 1. The highest BCUT2D eigenvalue weighted by atomic mass is 16.3. The fourth-order valence-corrected chi connectivity index (χ4v) is 5.84. The molecule has 5 nitrogen and oxygen atoms in total. The molecule has 5 rings (SSSR count). The molecule has 1 saturated heterocycles. The van der Waals surface area contributed by atoms with Crippen molar-refractivity contribution in [3.63, 3.8) is 0 Å². The van der Waals surface area contributed by atoms with E-state index in [-0.39, 0.29) is 29.7 Å². The van der Waals surface area contributed by atoms with Crippen molar-refractivity contribution in [2.45, 2.75) is 62.0 Å². The molecule has 25 heavy (non-hydrogen) atoms. The van der Waals surface area contributed by atoms with Gasteiger partial charge in [-0.1, -0.05) is 6.07 Å². The van der Waals surface area contributed by atoms with Crippen molar-refractivity contribution in [3.05, 3.63) is 23.3 Å². The second kappa shape index (κ2) is 4.98. The minimum Gasteiger partial charge on any atom is -0.504 e. The van der Waals surface area contributed by atoms with Gasteiger partial charge in [0.05, 0.1) is 5.60 Å². The van der Waals surface area contributed by atoms with Gasteiger partial charge in [-0.3, -0.25) is 9.69 Å². The molecule has 0 amide bonds. The first-order chi connectivity index (χ1) is 11.9. The van der Waals surface area contributed by atoms with Gasteiger partial charge in [-0.15, -0.1) is 0 Å². The highest BCUT2D eigenvalue weighted by molar-refractivity contribution is 5.83. The van der Waals surface area contributed by atoms with Crippen LogP contribution in [0.4, 0.5) is 0 Å². The number of piperidine rings is 1. The Kier molecular flexibility index (Phi) is 3.12. The van der Waals surface area contributed by atoms with E-state index < -0.39 is 11.0 Å². The van der Waals surface area contributed by atoms with Crippen LogP contribution in [-0.2, 0) is 16.6 Å². The molecule has 0 spiro atoms. The van der Waals surface area contributed by atoms with E-state index in [1.165, 1.54) is 18.9 Å². The molecular formula is C20H25NO4. The molecule has 5 heteroatoms. The van der Waals surface area contributed by atoms with Crippen molar-refractivity contribution in [1.82, 2.24) is 4.90 Å². The third kappa shape index (κ3) is 1.99. The summed E-state index contributed by atoms with van der Waals surface area (Å²) in [4.78, 5) is 14.8. The Balaban J connectivity index is 1.69. The van der Waals surface area contributed by atoms with Crippen LogP contribution in [0.3, 0.4) is 0 Å². The average Bonchev–Trinajstić information content (AvgIpc) is 3.38. The monoisotopic (exact) mass is 343 g/mol. The van der Waals surface area contributed by atoms with Gasteiger partial charge >= 0.3 is 0 Å². The highest BCUT2D eigenvalue weighted by Gasteiger charge is 2.65. The number of aliphatic hydroxyl groups is 1. The minimum atomic E-state index is -1.01. The highest BCUT2D eigenvalue weighted by Crippen LogP contribution is 2.60. The molecule has 3 N–H and O–H groups in total. The molecule has 1 unspecified atom stereocenters. The number of hydrogen-bond donors (Lipinski definition) is 3. The van der Waals surface area contributed by atoms with Gasteiger partial charge in [0.2, 0.25) is 0 Å². The van der Waals surface area contributed by atoms with Gasteiger partial charge < -0.3 is 15.3 Å². The summed E-state index contributed by atoms with van der Waals surface area (Å²) in [5, 5.41) is 32.5. The molecule has 2 saturated carbocycles. The Labute approximate surface area is 147 Å². The molecule has 1 aromatic rings. The lowest BCUT2D eigenvalue weighted by atomic mass is 9.49. The van der Waals surface area contributed by atoms with Crippen LogP contribution >= 0.6 is 0 Å². The van der Waals surface area contributed by atoms with Gasteiger partial charge in [-0.25, -0.2) is 0 Å². The molecule has 0 radical (unpaired) electrons. The maximum atomic E-state index is 12.4. The molecule has 3 atom stereocenters. The van der Waals surface area contributed by atoms with Gasteiger partial charge in [0.25, 0.3) is 0 Å². The van der Waals surface area contributed by atoms with E-state index in [4.69, 9.17) is 0 Å². The normalized spacial score (nSPS) is 37.5. The fraction of sp³-hybridized carbons (Fsp3) is 0.650. The third-order valence-corrected chi connectivity index (χ3v) is 7.25. The molecule has 3 aliphatic carbocycles. The van der Waals surface area contributed by atoms with Crippen LogP contribution in [0.25, 0.3) is 0 Å². The number of phenolic OH excluding ortho intramolecular Hbond substituents is 2. The molecular weight excluding hydrogens is 318 g/mol. The largest absolute Gasteiger partial charge is 0.504 e. The summed E-state index contributed by atoms with van der Waals surface area (Å²) in [5.41, 5.74) is -0.166. The van der Waals surface area contributed by atoms with Gasteiger partial charge in [-0.2, -0.15) is 0 Å². The summed E-state index contributed by atoms with van der Waals surface area (Å²) in [7, 11) is 0. The summed E-state index contributed by atoms with van der Waals surface area (Å²) in [6, 6.07) is 3.38. The first-order valence-corrected chi connectivity index (χ1v) is 9.47. The number of fused-ring (bicyclic) bond motifs is 1. The van der Waals surface area contributed by atoms with Crippen LogP contribution in [-0.4, -0.2) is 50.7 Å². The number of hydrogen-bond acceptors (Lipinski definition) is 5. The van der Waals surface area contributed by atoms with Crippen LogP contribution in [0, 0.1) is 5.92 Å². The molecule has 0 aromatic heterocycles. The maximum Gasteiger partial charge on any atom is 0.161 e. The average molecular weight is 343 g/mol. The van der Waals surface area contributed by atoms with E-state index in [2.05, 4.69) is 4.90 Å². The van der Waals surface area contributed by atoms with Crippen molar-refractivity contribution in [3.8, 4) is 11.5 Å². The molecule has 1 aromatic carbocycles. The molecule has 4 aliphatic rings. The van der Waals surface area contributed by atoms with Crippen molar-refractivity contribution in [2.75, 3.05) is 13.1 Å². The summed E-state index contributed by atoms with van der Waals surface area (Å²) in [6.07, 6.45) is 4.99. The van der Waals surface area contributed by atoms with Crippen molar-refractivity contribution in [1.29, 1.82) is 0 Å². The van der Waals surface area contributed by atoms with Crippen molar-refractivity contribution < 1.29 is 20.1 Å². The summed E-state index contributed by atoms with van der Waals surface area (Å²) >= 11 is 0. The smallest absolute Gasteiger partial charge is 0.161 e. The first kappa shape index (κ1) is 15.6. The van der Waals surface area contributed by atoms with E-state index in [1.54, 1.807) is 0 Å². The minimum absolute atomic E-state index is 0.00797. The second-order valence-corrected chi connectivity index (χ2v) is 8.60. The molecule has 1 aliphatic heterocycles. The quantitative estimate of drug-likeness (QED) is 0.714. The zero-order valence-electron chi connectivity index (χ0n) is 14.4. The summed E-state index contributed by atoms with van der Waals surface area (Å²) < 4.78 is 0. The van der Waals surface area contributed by atoms with Gasteiger partial charge in [0.1, 0.15) is 5.78 Å². The summed E-state index contributed by atoms with van der Waals surface area (Å²) in [5.74, 6) is 0.595. The number of Topliss-reactive ketones (excluding diaryl/α,β-unsaturated/α-hetero) is 1. The number of rotatable bonds is 2. The number of benzene rings is 1. The summed E-state index contributed by atoms with van der Waals surface area (Å²) in [6.45, 7) is 1.86. The van der Waals surface area contributed by atoms with Crippen LogP contribution in [0.5, 0.6) is 11.5 Å². The van der Waals surface area contributed by atoms with Gasteiger partial charge in [0.15, 0.2) is 11.5 Å². The van der Waals surface area contributed by atoms with Crippen LogP contribution < -0.4 is 0 Å². The van der Waals surface area contributed by atoms with Crippen molar-refractivity contribution >= 4 is 5.78 Å². The number of ketones is 1. The SMILES string of the molecule is O=C1CCC2(O)[C@@H]3Cc4ccc(O)c(O)c4[C@]2(CCN3CC2CC2)C1. The number of aromatic hydroxyl groups is 2. The molecule has 1 heterocycles.